The number of nitrogens with two attached hydrogens (primary N) is 1. The smallest absolute Gasteiger partial charge is 0.0699 e. The van der Waals surface area contributed by atoms with Crippen molar-refractivity contribution >= 4 is 8.58 Å². The van der Waals surface area contributed by atoms with Crippen molar-refractivity contribution in [1.82, 2.24) is 0 Å². The molecule has 2 atom stereocenters. The second kappa shape index (κ2) is 4.51. The highest BCUT2D eigenvalue weighted by molar-refractivity contribution is 7.37. The Morgan fingerprint density at radius 2 is 2.43 bits per heavy atom. The standard InChI is InChI=1S/C4H12NOP/c1-7-3-4(6)2-5/h4,6-7H,2-3,5H2,1H3. The van der Waals surface area contributed by atoms with Gasteiger partial charge < -0.3 is 10.8 Å². The van der Waals surface area contributed by atoms with E-state index in [9.17, 15) is 0 Å². The third kappa shape index (κ3) is 4.20. The van der Waals surface area contributed by atoms with E-state index in [1.165, 1.54) is 0 Å². The van der Waals surface area contributed by atoms with Gasteiger partial charge in [-0.2, -0.15) is 0 Å². The van der Waals surface area contributed by atoms with Gasteiger partial charge in [-0.25, -0.2) is 0 Å². The molecule has 3 N–H and O–H groups in total. The summed E-state index contributed by atoms with van der Waals surface area (Å²) in [7, 11) is 0.815. The van der Waals surface area contributed by atoms with Crippen molar-refractivity contribution in [1.29, 1.82) is 0 Å². The highest BCUT2D eigenvalue weighted by Gasteiger charge is 1.94. The molecule has 2 nitrogen and oxygen atoms in total. The van der Waals surface area contributed by atoms with E-state index < -0.39 is 0 Å². The molecule has 0 aromatic heterocycles. The largest absolute Gasteiger partial charge is 0.391 e. The topological polar surface area (TPSA) is 46.2 Å². The van der Waals surface area contributed by atoms with Gasteiger partial charge in [0.05, 0.1) is 6.10 Å². The van der Waals surface area contributed by atoms with Gasteiger partial charge >= 0.3 is 0 Å². The molecule has 0 radical (unpaired) electrons. The van der Waals surface area contributed by atoms with Crippen molar-refractivity contribution < 1.29 is 5.11 Å². The fraction of sp³-hybridized carbons (Fsp3) is 1.00. The summed E-state index contributed by atoms with van der Waals surface area (Å²) in [4.78, 5) is 0. The van der Waals surface area contributed by atoms with Crippen molar-refractivity contribution in [2.45, 2.75) is 6.10 Å². The first-order valence-electron chi connectivity index (χ1n) is 2.34. The molecular weight excluding hydrogens is 109 g/mol. The Kier molecular flexibility index (Phi) is 4.73. The Balaban J connectivity index is 2.83. The average Bonchev–Trinajstić information content (AvgIpc) is 1.68. The Labute approximate surface area is 45.9 Å². The lowest BCUT2D eigenvalue weighted by Gasteiger charge is -2.02. The van der Waals surface area contributed by atoms with Gasteiger partial charge in [-0.1, -0.05) is 0 Å². The van der Waals surface area contributed by atoms with Gasteiger partial charge in [0.25, 0.3) is 0 Å². The minimum atomic E-state index is -0.261. The molecule has 0 saturated heterocycles. The van der Waals surface area contributed by atoms with Gasteiger partial charge in [-0.3, -0.25) is 0 Å². The van der Waals surface area contributed by atoms with Crippen LogP contribution in [0.3, 0.4) is 0 Å². The van der Waals surface area contributed by atoms with Crippen LogP contribution >= 0.6 is 8.58 Å². The van der Waals surface area contributed by atoms with Crippen molar-refractivity contribution in [2.24, 2.45) is 5.73 Å². The van der Waals surface area contributed by atoms with Gasteiger partial charge in [0.1, 0.15) is 0 Å². The van der Waals surface area contributed by atoms with Crippen LogP contribution in [-0.4, -0.2) is 30.6 Å². The maximum atomic E-state index is 8.74. The van der Waals surface area contributed by atoms with Gasteiger partial charge in [-0.05, 0) is 12.8 Å². The quantitative estimate of drug-likeness (QED) is 0.500. The van der Waals surface area contributed by atoms with Crippen LogP contribution in [0.2, 0.25) is 0 Å². The molecule has 0 bridgehead atoms. The summed E-state index contributed by atoms with van der Waals surface area (Å²) in [5.41, 5.74) is 5.11. The molecule has 0 saturated carbocycles. The first-order valence-corrected chi connectivity index (χ1v) is 4.04. The van der Waals surface area contributed by atoms with Gasteiger partial charge in [0.2, 0.25) is 0 Å². The number of rotatable bonds is 3. The minimum Gasteiger partial charge on any atom is -0.391 e. The maximum Gasteiger partial charge on any atom is 0.0699 e. The molecule has 0 aliphatic rings. The Bertz CT molecular complexity index is 42.7. The summed E-state index contributed by atoms with van der Waals surface area (Å²) in [5, 5.41) is 8.74. The van der Waals surface area contributed by atoms with Crippen LogP contribution in [0, 0.1) is 0 Å². The molecule has 0 aromatic carbocycles. The van der Waals surface area contributed by atoms with E-state index in [0.717, 1.165) is 14.7 Å². The summed E-state index contributed by atoms with van der Waals surface area (Å²) >= 11 is 0. The predicted molar refractivity (Wildman–Crippen MR) is 34.2 cm³/mol. The third-order valence-corrected chi connectivity index (χ3v) is 1.59. The van der Waals surface area contributed by atoms with Crippen LogP contribution in [0.1, 0.15) is 0 Å². The monoisotopic (exact) mass is 121 g/mol. The van der Waals surface area contributed by atoms with E-state index >= 15 is 0 Å². The van der Waals surface area contributed by atoms with E-state index in [2.05, 4.69) is 6.66 Å². The van der Waals surface area contributed by atoms with Crippen LogP contribution in [-0.2, 0) is 0 Å². The van der Waals surface area contributed by atoms with Gasteiger partial charge in [0, 0.05) is 6.54 Å². The maximum absolute atomic E-state index is 8.74. The lowest BCUT2D eigenvalue weighted by molar-refractivity contribution is 0.207. The van der Waals surface area contributed by atoms with Crippen LogP contribution in [0.25, 0.3) is 0 Å². The van der Waals surface area contributed by atoms with E-state index in [1.54, 1.807) is 0 Å². The predicted octanol–water partition coefficient (Wildman–Crippen LogP) is -0.386. The first-order chi connectivity index (χ1) is 3.31. The van der Waals surface area contributed by atoms with E-state index in [0.29, 0.717) is 6.54 Å². The van der Waals surface area contributed by atoms with E-state index in [4.69, 9.17) is 10.8 Å². The molecule has 7 heavy (non-hydrogen) atoms. The summed E-state index contributed by atoms with van der Waals surface area (Å²) in [6.45, 7) is 2.46. The zero-order chi connectivity index (χ0) is 5.70. The fourth-order valence-electron chi connectivity index (χ4n) is 0.319. The van der Waals surface area contributed by atoms with Crippen molar-refractivity contribution in [3.63, 3.8) is 0 Å². The number of aliphatic hydroxyl groups is 1. The highest BCUT2D eigenvalue weighted by Crippen LogP contribution is 2.02. The van der Waals surface area contributed by atoms with E-state index in [-0.39, 0.29) is 6.10 Å². The molecule has 3 heteroatoms. The molecule has 0 rings (SSSR count). The van der Waals surface area contributed by atoms with E-state index in [1.807, 2.05) is 0 Å². The highest BCUT2D eigenvalue weighted by atomic mass is 31.1. The third-order valence-electron chi connectivity index (χ3n) is 0.712. The SMILES string of the molecule is CPCC(O)CN. The van der Waals surface area contributed by atoms with Crippen LogP contribution in [0.15, 0.2) is 0 Å². The van der Waals surface area contributed by atoms with Crippen LogP contribution in [0.5, 0.6) is 0 Å². The molecular formula is C4H12NOP. The molecule has 44 valence electrons. The summed E-state index contributed by atoms with van der Waals surface area (Å²) in [5.74, 6) is 0. The minimum absolute atomic E-state index is 0.261. The molecule has 0 aromatic rings. The normalized spacial score (nSPS) is 15.9. The Morgan fingerprint density at radius 1 is 1.86 bits per heavy atom. The second-order valence-electron chi connectivity index (χ2n) is 1.45. The van der Waals surface area contributed by atoms with Gasteiger partial charge in [0.15, 0.2) is 0 Å². The van der Waals surface area contributed by atoms with Crippen molar-refractivity contribution in [3.8, 4) is 0 Å². The molecule has 2 unspecified atom stereocenters. The summed E-state index contributed by atoms with van der Waals surface area (Å²) in [6, 6.07) is 0. The van der Waals surface area contributed by atoms with Crippen LogP contribution in [0.4, 0.5) is 0 Å². The number of hydrogen-bond acceptors (Lipinski definition) is 2. The average molecular weight is 121 g/mol. The lowest BCUT2D eigenvalue weighted by Crippen LogP contribution is -2.21. The molecule has 0 amide bonds. The molecule has 0 aliphatic carbocycles. The Morgan fingerprint density at radius 3 is 2.57 bits per heavy atom. The molecule has 0 heterocycles. The number of hydrogen-bond donors (Lipinski definition) is 2. The zero-order valence-corrected chi connectivity index (χ0v) is 5.52. The molecule has 0 aliphatic heterocycles. The first kappa shape index (κ1) is 7.35. The second-order valence-corrected chi connectivity index (χ2v) is 2.56. The molecule has 0 spiro atoms. The Hall–Kier alpha value is 0.350. The van der Waals surface area contributed by atoms with Crippen LogP contribution < -0.4 is 5.73 Å². The van der Waals surface area contributed by atoms with Crippen molar-refractivity contribution in [2.75, 3.05) is 19.4 Å². The van der Waals surface area contributed by atoms with Crippen molar-refractivity contribution in [3.05, 3.63) is 0 Å². The zero-order valence-electron chi connectivity index (χ0n) is 4.52. The molecule has 0 fully saturated rings. The fourth-order valence-corrected chi connectivity index (χ4v) is 0.957. The number of aliphatic hydroxyl groups excluding tert-OH is 1. The van der Waals surface area contributed by atoms with Gasteiger partial charge in [-0.15, -0.1) is 8.58 Å². The summed E-state index contributed by atoms with van der Waals surface area (Å²) in [6.07, 6.45) is 0.597. The lowest BCUT2D eigenvalue weighted by atomic mass is 10.4. The summed E-state index contributed by atoms with van der Waals surface area (Å²) < 4.78 is 0.